The summed E-state index contributed by atoms with van der Waals surface area (Å²) in [6.07, 6.45) is 3.03. The maximum Gasteiger partial charge on any atom is 0.191 e. The highest BCUT2D eigenvalue weighted by Gasteiger charge is 2.12. The molecule has 0 aliphatic carbocycles. The third-order valence-corrected chi connectivity index (χ3v) is 4.56. The highest BCUT2D eigenvalue weighted by atomic mass is 127. The van der Waals surface area contributed by atoms with Gasteiger partial charge in [-0.3, -0.25) is 0 Å². The van der Waals surface area contributed by atoms with Crippen molar-refractivity contribution in [2.24, 2.45) is 4.99 Å². The topological polar surface area (TPSA) is 71.7 Å². The second-order valence-corrected chi connectivity index (χ2v) is 6.45. The largest absolute Gasteiger partial charge is 0.497 e. The molecule has 0 unspecified atom stereocenters. The van der Waals surface area contributed by atoms with E-state index in [0.29, 0.717) is 12.5 Å². The molecule has 1 aromatic heterocycles. The molecule has 0 saturated heterocycles. The number of benzene rings is 1. The van der Waals surface area contributed by atoms with Crippen LogP contribution in [0.4, 0.5) is 0 Å². The molecule has 0 amide bonds. The van der Waals surface area contributed by atoms with Gasteiger partial charge in [-0.05, 0) is 43.9 Å². The number of aliphatic imine (C=N–C) groups is 1. The number of methoxy groups -OCH3 is 1. The van der Waals surface area contributed by atoms with Gasteiger partial charge < -0.3 is 19.9 Å². The van der Waals surface area contributed by atoms with Crippen molar-refractivity contribution in [2.45, 2.75) is 52.5 Å². The van der Waals surface area contributed by atoms with Gasteiger partial charge in [0.2, 0.25) is 0 Å². The lowest BCUT2D eigenvalue weighted by Crippen LogP contribution is -2.38. The maximum atomic E-state index is 5.45. The standard InChI is InChI=1S/C21H32N4O2.HI/c1-5-17(6-2)20-14-19(27-25-20)15-24-21(22-7-3)23-12-11-16-9-8-10-18(13-16)26-4;/h8-10,13-14,17H,5-7,11-12,15H2,1-4H3,(H2,22,23,24);1H. The van der Waals surface area contributed by atoms with Gasteiger partial charge in [0.1, 0.15) is 12.3 Å². The molecule has 0 radical (unpaired) electrons. The zero-order chi connectivity index (χ0) is 19.5. The lowest BCUT2D eigenvalue weighted by molar-refractivity contribution is 0.372. The first-order valence-corrected chi connectivity index (χ1v) is 9.80. The van der Waals surface area contributed by atoms with Crippen molar-refractivity contribution in [3.05, 3.63) is 47.3 Å². The average molecular weight is 500 g/mol. The van der Waals surface area contributed by atoms with Crippen molar-refractivity contribution in [3.8, 4) is 5.75 Å². The number of halogens is 1. The first kappa shape index (κ1) is 24.3. The zero-order valence-corrected chi connectivity index (χ0v) is 19.7. The van der Waals surface area contributed by atoms with Gasteiger partial charge in [0.15, 0.2) is 11.7 Å². The molecule has 0 aliphatic rings. The monoisotopic (exact) mass is 500 g/mol. The van der Waals surface area contributed by atoms with Gasteiger partial charge in [0.25, 0.3) is 0 Å². The highest BCUT2D eigenvalue weighted by molar-refractivity contribution is 14.0. The Hall–Kier alpha value is -1.77. The van der Waals surface area contributed by atoms with E-state index in [2.05, 4.69) is 53.7 Å². The number of nitrogens with one attached hydrogen (secondary N) is 2. The number of nitrogens with zero attached hydrogens (tertiary/aromatic N) is 2. The lowest BCUT2D eigenvalue weighted by atomic mass is 9.99. The minimum atomic E-state index is 0. The highest BCUT2D eigenvalue weighted by Crippen LogP contribution is 2.22. The van der Waals surface area contributed by atoms with Gasteiger partial charge in [-0.25, -0.2) is 4.99 Å². The Bertz CT molecular complexity index is 714. The Labute approximate surface area is 185 Å². The fourth-order valence-electron chi connectivity index (χ4n) is 2.95. The quantitative estimate of drug-likeness (QED) is 0.286. The van der Waals surface area contributed by atoms with Crippen molar-refractivity contribution in [1.29, 1.82) is 0 Å². The molecule has 2 rings (SSSR count). The van der Waals surface area contributed by atoms with Crippen molar-refractivity contribution in [3.63, 3.8) is 0 Å². The molecule has 2 N–H and O–H groups in total. The predicted octanol–water partition coefficient (Wildman–Crippen LogP) is 4.50. The molecule has 28 heavy (non-hydrogen) atoms. The van der Waals surface area contributed by atoms with E-state index in [1.807, 2.05) is 18.2 Å². The molecule has 0 fully saturated rings. The van der Waals surface area contributed by atoms with Gasteiger partial charge in [0.05, 0.1) is 12.8 Å². The van der Waals surface area contributed by atoms with E-state index >= 15 is 0 Å². The third-order valence-electron chi connectivity index (χ3n) is 4.56. The summed E-state index contributed by atoms with van der Waals surface area (Å²) in [6, 6.07) is 10.1. The number of guanidine groups is 1. The fourth-order valence-corrected chi connectivity index (χ4v) is 2.95. The van der Waals surface area contributed by atoms with Crippen molar-refractivity contribution in [1.82, 2.24) is 15.8 Å². The first-order valence-electron chi connectivity index (χ1n) is 9.80. The summed E-state index contributed by atoms with van der Waals surface area (Å²) in [7, 11) is 1.69. The van der Waals surface area contributed by atoms with Crippen LogP contribution in [0.15, 0.2) is 39.8 Å². The van der Waals surface area contributed by atoms with E-state index < -0.39 is 0 Å². The van der Waals surface area contributed by atoms with Gasteiger partial charge in [0, 0.05) is 25.1 Å². The van der Waals surface area contributed by atoms with Crippen LogP contribution in [0, 0.1) is 0 Å². The molecule has 2 aromatic rings. The first-order chi connectivity index (χ1) is 13.2. The molecule has 7 heteroatoms. The molecule has 0 aliphatic heterocycles. The van der Waals surface area contributed by atoms with Crippen LogP contribution in [-0.4, -0.2) is 31.3 Å². The molecule has 0 atom stereocenters. The molecule has 6 nitrogen and oxygen atoms in total. The van der Waals surface area contributed by atoms with Crippen LogP contribution in [0.1, 0.15) is 56.5 Å². The Morgan fingerprint density at radius 2 is 1.96 bits per heavy atom. The van der Waals surface area contributed by atoms with E-state index in [9.17, 15) is 0 Å². The molecule has 0 spiro atoms. The number of hydrogen-bond acceptors (Lipinski definition) is 4. The maximum absolute atomic E-state index is 5.45. The molecule has 1 aromatic carbocycles. The van der Waals surface area contributed by atoms with Gasteiger partial charge >= 0.3 is 0 Å². The number of hydrogen-bond donors (Lipinski definition) is 2. The molecular formula is C21H33IN4O2. The molecule has 0 bridgehead atoms. The fraction of sp³-hybridized carbons (Fsp3) is 0.524. The van der Waals surface area contributed by atoms with E-state index in [4.69, 9.17) is 9.26 Å². The SMILES string of the molecule is CCNC(=NCc1cc(C(CC)CC)no1)NCCc1cccc(OC)c1.I. The summed E-state index contributed by atoms with van der Waals surface area (Å²) < 4.78 is 10.7. The van der Waals surface area contributed by atoms with Crippen LogP contribution in [0.25, 0.3) is 0 Å². The molecule has 156 valence electrons. The normalized spacial score (nSPS) is 11.2. The third kappa shape index (κ3) is 7.69. The van der Waals surface area contributed by atoms with Gasteiger partial charge in [-0.15, -0.1) is 24.0 Å². The van der Waals surface area contributed by atoms with Crippen molar-refractivity contribution < 1.29 is 9.26 Å². The van der Waals surface area contributed by atoms with Crippen LogP contribution in [-0.2, 0) is 13.0 Å². The summed E-state index contributed by atoms with van der Waals surface area (Å²) in [4.78, 5) is 4.61. The minimum Gasteiger partial charge on any atom is -0.497 e. The Kier molecular flexibility index (Phi) is 11.6. The number of ether oxygens (including phenoxy) is 1. The van der Waals surface area contributed by atoms with E-state index in [-0.39, 0.29) is 24.0 Å². The second-order valence-electron chi connectivity index (χ2n) is 6.45. The summed E-state index contributed by atoms with van der Waals surface area (Å²) in [6.45, 7) is 8.47. The zero-order valence-electron chi connectivity index (χ0n) is 17.3. The minimum absolute atomic E-state index is 0. The molecule has 1 heterocycles. The van der Waals surface area contributed by atoms with Crippen LogP contribution >= 0.6 is 24.0 Å². The molecule has 0 saturated carbocycles. The average Bonchev–Trinajstić information content (AvgIpc) is 3.16. The van der Waals surface area contributed by atoms with Gasteiger partial charge in [-0.1, -0.05) is 31.1 Å². The van der Waals surface area contributed by atoms with E-state index in [1.165, 1.54) is 5.56 Å². The van der Waals surface area contributed by atoms with Crippen LogP contribution in [0.2, 0.25) is 0 Å². The van der Waals surface area contributed by atoms with E-state index in [1.54, 1.807) is 7.11 Å². The van der Waals surface area contributed by atoms with E-state index in [0.717, 1.165) is 55.5 Å². The number of aromatic nitrogens is 1. The Balaban J connectivity index is 0.00000392. The van der Waals surface area contributed by atoms with Crippen molar-refractivity contribution in [2.75, 3.05) is 20.2 Å². The predicted molar refractivity (Wildman–Crippen MR) is 125 cm³/mol. The van der Waals surface area contributed by atoms with Crippen LogP contribution < -0.4 is 15.4 Å². The molecular weight excluding hydrogens is 467 g/mol. The van der Waals surface area contributed by atoms with Crippen LogP contribution in [0.3, 0.4) is 0 Å². The Morgan fingerprint density at radius 1 is 1.18 bits per heavy atom. The summed E-state index contributed by atoms with van der Waals surface area (Å²) in [5.41, 5.74) is 2.25. The van der Waals surface area contributed by atoms with Gasteiger partial charge in [-0.2, -0.15) is 0 Å². The van der Waals surface area contributed by atoms with Crippen LogP contribution in [0.5, 0.6) is 5.75 Å². The summed E-state index contributed by atoms with van der Waals surface area (Å²) >= 11 is 0. The van der Waals surface area contributed by atoms with Crippen molar-refractivity contribution >= 4 is 29.9 Å². The lowest BCUT2D eigenvalue weighted by Gasteiger charge is -2.11. The second kappa shape index (κ2) is 13.4. The Morgan fingerprint density at radius 3 is 2.64 bits per heavy atom. The summed E-state index contributed by atoms with van der Waals surface area (Å²) in [5, 5.41) is 10.8. The summed E-state index contributed by atoms with van der Waals surface area (Å²) in [5.74, 6) is 2.91. The number of rotatable bonds is 10. The smallest absolute Gasteiger partial charge is 0.191 e.